The molecule has 2 atom stereocenters. The molecule has 1 aliphatic rings. The molecule has 0 radical (unpaired) electrons. The minimum absolute atomic E-state index is 0.0120. The van der Waals surface area contributed by atoms with Crippen LogP contribution in [0.3, 0.4) is 0 Å². The second kappa shape index (κ2) is 4.07. The van der Waals surface area contributed by atoms with Gasteiger partial charge in [0.05, 0.1) is 11.0 Å². The Morgan fingerprint density at radius 3 is 2.69 bits per heavy atom. The SMILES string of the molecule is O=C(Cl)C1=CC(Cl)CCC1[N+](=O)[O-]. The van der Waals surface area contributed by atoms with Crippen LogP contribution >= 0.6 is 23.2 Å². The number of carbonyl (C=O) groups is 1. The Kier molecular flexibility index (Phi) is 3.27. The predicted octanol–water partition coefficient (Wildman–Crippen LogP) is 1.72. The molecule has 0 bridgehead atoms. The monoisotopic (exact) mass is 223 g/mol. The quantitative estimate of drug-likeness (QED) is 0.310. The van der Waals surface area contributed by atoms with Gasteiger partial charge in [-0.15, -0.1) is 11.6 Å². The average Bonchev–Trinajstić information content (AvgIpc) is 2.03. The van der Waals surface area contributed by atoms with E-state index in [1.165, 1.54) is 6.08 Å². The van der Waals surface area contributed by atoms with E-state index in [-0.39, 0.29) is 17.4 Å². The molecule has 0 saturated carbocycles. The smallest absolute Gasteiger partial charge is 0.254 e. The molecule has 0 heterocycles. The van der Waals surface area contributed by atoms with Gasteiger partial charge in [0.1, 0.15) is 0 Å². The number of alkyl halides is 1. The van der Waals surface area contributed by atoms with E-state index in [9.17, 15) is 14.9 Å². The number of allylic oxidation sites excluding steroid dienone is 1. The fourth-order valence-corrected chi connectivity index (χ4v) is 1.73. The molecule has 0 aromatic rings. The first-order chi connectivity index (χ1) is 6.02. The van der Waals surface area contributed by atoms with Gasteiger partial charge in [-0.25, -0.2) is 0 Å². The molecule has 2 unspecified atom stereocenters. The van der Waals surface area contributed by atoms with Gasteiger partial charge in [0, 0.05) is 11.3 Å². The Hall–Kier alpha value is -0.610. The summed E-state index contributed by atoms with van der Waals surface area (Å²) in [7, 11) is 0. The minimum atomic E-state index is -0.986. The van der Waals surface area contributed by atoms with Crippen LogP contribution in [0.5, 0.6) is 0 Å². The Balaban J connectivity index is 2.93. The highest BCUT2D eigenvalue weighted by Gasteiger charge is 2.33. The summed E-state index contributed by atoms with van der Waals surface area (Å²) in [6, 6.07) is -0.986. The van der Waals surface area contributed by atoms with E-state index in [0.29, 0.717) is 6.42 Å². The van der Waals surface area contributed by atoms with E-state index in [2.05, 4.69) is 0 Å². The zero-order valence-electron chi connectivity index (χ0n) is 6.57. The Morgan fingerprint density at radius 1 is 1.62 bits per heavy atom. The van der Waals surface area contributed by atoms with Crippen LogP contribution in [0.2, 0.25) is 0 Å². The highest BCUT2D eigenvalue weighted by atomic mass is 35.5. The molecule has 6 heteroatoms. The Morgan fingerprint density at radius 2 is 2.23 bits per heavy atom. The van der Waals surface area contributed by atoms with E-state index in [1.807, 2.05) is 0 Å². The van der Waals surface area contributed by atoms with Crippen molar-refractivity contribution < 1.29 is 9.72 Å². The van der Waals surface area contributed by atoms with Crippen molar-refractivity contribution in [2.24, 2.45) is 0 Å². The van der Waals surface area contributed by atoms with E-state index in [1.54, 1.807) is 0 Å². The average molecular weight is 224 g/mol. The Bertz CT molecular complexity index is 277. The van der Waals surface area contributed by atoms with Crippen molar-refractivity contribution >= 4 is 28.4 Å². The van der Waals surface area contributed by atoms with Crippen LogP contribution in [0.1, 0.15) is 12.8 Å². The lowest BCUT2D eigenvalue weighted by Crippen LogP contribution is -2.29. The molecule has 0 spiro atoms. The van der Waals surface area contributed by atoms with E-state index < -0.39 is 16.2 Å². The van der Waals surface area contributed by atoms with Gasteiger partial charge in [0.25, 0.3) is 5.24 Å². The topological polar surface area (TPSA) is 60.2 Å². The third-order valence-electron chi connectivity index (χ3n) is 1.92. The third-order valence-corrected chi connectivity index (χ3v) is 2.48. The van der Waals surface area contributed by atoms with Crippen molar-refractivity contribution in [3.8, 4) is 0 Å². The van der Waals surface area contributed by atoms with Gasteiger partial charge in [-0.1, -0.05) is 6.08 Å². The molecule has 0 aromatic heterocycles. The van der Waals surface area contributed by atoms with E-state index in [4.69, 9.17) is 23.2 Å². The van der Waals surface area contributed by atoms with Crippen molar-refractivity contribution in [2.75, 3.05) is 0 Å². The first kappa shape index (κ1) is 10.5. The zero-order valence-corrected chi connectivity index (χ0v) is 8.09. The number of carbonyl (C=O) groups excluding carboxylic acids is 1. The molecule has 0 amide bonds. The van der Waals surface area contributed by atoms with Gasteiger partial charge in [-0.05, 0) is 18.0 Å². The fraction of sp³-hybridized carbons (Fsp3) is 0.571. The fourth-order valence-electron chi connectivity index (χ4n) is 1.28. The van der Waals surface area contributed by atoms with Crippen molar-refractivity contribution in [1.82, 2.24) is 0 Å². The maximum absolute atomic E-state index is 10.8. The second-order valence-electron chi connectivity index (χ2n) is 2.79. The Labute approximate surface area is 84.7 Å². The number of hydrogen-bond acceptors (Lipinski definition) is 3. The third kappa shape index (κ3) is 2.42. The molecule has 13 heavy (non-hydrogen) atoms. The molecule has 1 rings (SSSR count). The van der Waals surface area contributed by atoms with Crippen LogP contribution < -0.4 is 0 Å². The lowest BCUT2D eigenvalue weighted by atomic mass is 9.95. The molecule has 0 aliphatic heterocycles. The molecule has 4 nitrogen and oxygen atoms in total. The van der Waals surface area contributed by atoms with Crippen molar-refractivity contribution in [3.63, 3.8) is 0 Å². The molecule has 72 valence electrons. The summed E-state index contributed by atoms with van der Waals surface area (Å²) in [5.41, 5.74) is 0.0120. The maximum atomic E-state index is 10.8. The second-order valence-corrected chi connectivity index (χ2v) is 3.69. The van der Waals surface area contributed by atoms with Gasteiger partial charge in [-0.2, -0.15) is 0 Å². The number of nitro groups is 1. The summed E-state index contributed by atoms with van der Waals surface area (Å²) in [5.74, 6) is 0. The molecular formula is C7H7Cl2NO3. The molecular weight excluding hydrogens is 217 g/mol. The van der Waals surface area contributed by atoms with Crippen LogP contribution in [-0.2, 0) is 4.79 Å². The van der Waals surface area contributed by atoms with Crippen LogP contribution in [0, 0.1) is 10.1 Å². The highest BCUT2D eigenvalue weighted by molar-refractivity contribution is 6.67. The number of hydrogen-bond donors (Lipinski definition) is 0. The summed E-state index contributed by atoms with van der Waals surface area (Å²) in [6.07, 6.45) is 2.14. The van der Waals surface area contributed by atoms with Crippen LogP contribution in [-0.4, -0.2) is 21.6 Å². The van der Waals surface area contributed by atoms with Crippen molar-refractivity contribution in [2.45, 2.75) is 24.3 Å². The van der Waals surface area contributed by atoms with Crippen LogP contribution in [0.4, 0.5) is 0 Å². The summed E-state index contributed by atoms with van der Waals surface area (Å²) in [6.45, 7) is 0. The maximum Gasteiger partial charge on any atom is 0.254 e. The van der Waals surface area contributed by atoms with Gasteiger partial charge >= 0.3 is 0 Å². The van der Waals surface area contributed by atoms with E-state index >= 15 is 0 Å². The molecule has 0 saturated heterocycles. The van der Waals surface area contributed by atoms with Gasteiger partial charge in [0.15, 0.2) is 0 Å². The van der Waals surface area contributed by atoms with Crippen molar-refractivity contribution in [1.29, 1.82) is 0 Å². The molecule has 0 N–H and O–H groups in total. The van der Waals surface area contributed by atoms with Gasteiger partial charge in [0.2, 0.25) is 6.04 Å². The van der Waals surface area contributed by atoms with Gasteiger partial charge in [-0.3, -0.25) is 14.9 Å². The van der Waals surface area contributed by atoms with E-state index in [0.717, 1.165) is 0 Å². The summed E-state index contributed by atoms with van der Waals surface area (Å²) in [5, 5.41) is 9.38. The van der Waals surface area contributed by atoms with Crippen molar-refractivity contribution in [3.05, 3.63) is 21.8 Å². The number of rotatable bonds is 2. The number of halogens is 2. The normalized spacial score (nSPS) is 28.0. The standard InChI is InChI=1S/C7H7Cl2NO3/c8-4-1-2-6(10(12)13)5(3-4)7(9)11/h3-4,6H,1-2H2. The molecule has 1 aliphatic carbocycles. The molecule has 0 aromatic carbocycles. The summed E-state index contributed by atoms with van der Waals surface area (Å²) >= 11 is 10.9. The lowest BCUT2D eigenvalue weighted by molar-refractivity contribution is -0.512. The van der Waals surface area contributed by atoms with Crippen LogP contribution in [0.25, 0.3) is 0 Å². The number of nitrogens with zero attached hydrogens (tertiary/aromatic N) is 1. The summed E-state index contributed by atoms with van der Waals surface area (Å²) < 4.78 is 0. The zero-order chi connectivity index (χ0) is 10.0. The summed E-state index contributed by atoms with van der Waals surface area (Å²) in [4.78, 5) is 20.8. The predicted molar refractivity (Wildman–Crippen MR) is 48.6 cm³/mol. The lowest BCUT2D eigenvalue weighted by Gasteiger charge is -2.17. The first-order valence-electron chi connectivity index (χ1n) is 3.71. The first-order valence-corrected chi connectivity index (χ1v) is 4.53. The molecule has 0 fully saturated rings. The van der Waals surface area contributed by atoms with Crippen LogP contribution in [0.15, 0.2) is 11.6 Å². The van der Waals surface area contributed by atoms with Gasteiger partial charge < -0.3 is 0 Å². The highest BCUT2D eigenvalue weighted by Crippen LogP contribution is 2.25. The largest absolute Gasteiger partial charge is 0.276 e. The minimum Gasteiger partial charge on any atom is -0.276 e.